The first-order valence-electron chi connectivity index (χ1n) is 11.7. The van der Waals surface area contributed by atoms with E-state index in [1.54, 1.807) is 24.5 Å². The van der Waals surface area contributed by atoms with E-state index in [1.165, 1.54) is 0 Å². The Bertz CT molecular complexity index is 1420. The van der Waals surface area contributed by atoms with Crippen LogP contribution < -0.4 is 10.0 Å². The van der Waals surface area contributed by atoms with Gasteiger partial charge in [-0.05, 0) is 62.8 Å². The Morgan fingerprint density at radius 1 is 0.971 bits per heavy atom. The lowest BCUT2D eigenvalue weighted by molar-refractivity contribution is 0.263. The molecule has 1 fully saturated rings. The zero-order valence-electron chi connectivity index (χ0n) is 19.6. The molecule has 8 nitrogen and oxygen atoms in total. The molecule has 35 heavy (non-hydrogen) atoms. The minimum absolute atomic E-state index is 0.196. The van der Waals surface area contributed by atoms with Crippen molar-refractivity contribution in [2.24, 2.45) is 0 Å². The molecule has 180 valence electrons. The van der Waals surface area contributed by atoms with Gasteiger partial charge in [-0.25, -0.2) is 28.1 Å². The molecule has 3 heterocycles. The van der Waals surface area contributed by atoms with Gasteiger partial charge in [-0.2, -0.15) is 0 Å². The third-order valence-electron chi connectivity index (χ3n) is 6.29. The van der Waals surface area contributed by atoms with Crippen molar-refractivity contribution < 1.29 is 8.42 Å². The molecule has 0 amide bonds. The van der Waals surface area contributed by atoms with Crippen LogP contribution in [0.2, 0.25) is 0 Å². The van der Waals surface area contributed by atoms with Crippen LogP contribution in [-0.2, 0) is 16.6 Å². The maximum Gasteiger partial charge on any atom is 0.240 e. The molecule has 0 bridgehead atoms. The molecule has 4 aromatic rings. The number of likely N-dealkylation sites (tertiary alicyclic amines) is 1. The summed E-state index contributed by atoms with van der Waals surface area (Å²) in [5.74, 6) is 0.708. The number of aromatic nitrogens is 3. The molecular formula is C26H28N6O2S. The summed E-state index contributed by atoms with van der Waals surface area (Å²) in [7, 11) is -1.55. The summed E-state index contributed by atoms with van der Waals surface area (Å²) in [5.41, 5.74) is 3.70. The molecule has 0 radical (unpaired) electrons. The van der Waals surface area contributed by atoms with Gasteiger partial charge in [0.1, 0.15) is 11.8 Å². The smallest absolute Gasteiger partial charge is 0.240 e. The minimum Gasteiger partial charge on any atom is -0.365 e. The van der Waals surface area contributed by atoms with Crippen LogP contribution in [0.15, 0.2) is 78.0 Å². The quantitative estimate of drug-likeness (QED) is 0.409. The Kier molecular flexibility index (Phi) is 6.72. The van der Waals surface area contributed by atoms with Crippen LogP contribution in [0.25, 0.3) is 22.3 Å². The monoisotopic (exact) mass is 488 g/mol. The predicted octanol–water partition coefficient (Wildman–Crippen LogP) is 3.68. The molecule has 2 aromatic heterocycles. The second-order valence-corrected chi connectivity index (χ2v) is 10.6. The highest BCUT2D eigenvalue weighted by Gasteiger charge is 2.19. The number of piperidine rings is 1. The van der Waals surface area contributed by atoms with Crippen LogP contribution in [0.5, 0.6) is 0 Å². The van der Waals surface area contributed by atoms with Gasteiger partial charge in [-0.15, -0.1) is 0 Å². The Balaban J connectivity index is 1.40. The maximum absolute atomic E-state index is 12.9. The number of nitrogens with zero attached hydrogens (tertiary/aromatic N) is 4. The number of nitrogens with one attached hydrogen (secondary N) is 2. The molecule has 1 aliphatic rings. The number of pyridine rings is 1. The van der Waals surface area contributed by atoms with Crippen molar-refractivity contribution in [1.29, 1.82) is 0 Å². The second-order valence-electron chi connectivity index (χ2n) is 8.85. The highest BCUT2D eigenvalue weighted by Crippen LogP contribution is 2.26. The first-order chi connectivity index (χ1) is 17.0. The molecule has 2 N–H and O–H groups in total. The van der Waals surface area contributed by atoms with Gasteiger partial charge in [-0.1, -0.05) is 42.5 Å². The van der Waals surface area contributed by atoms with Crippen LogP contribution in [-0.4, -0.2) is 54.4 Å². The van der Waals surface area contributed by atoms with Crippen molar-refractivity contribution in [3.8, 4) is 11.3 Å². The topological polar surface area (TPSA) is 100 Å². The average Bonchev–Trinajstić information content (AvgIpc) is 2.89. The summed E-state index contributed by atoms with van der Waals surface area (Å²) < 4.78 is 28.5. The molecule has 2 aromatic carbocycles. The zero-order valence-corrected chi connectivity index (χ0v) is 20.4. The Labute approximate surface area is 205 Å². The number of anilines is 1. The van der Waals surface area contributed by atoms with Crippen LogP contribution in [0, 0.1) is 0 Å². The van der Waals surface area contributed by atoms with E-state index in [4.69, 9.17) is 4.98 Å². The van der Waals surface area contributed by atoms with Crippen molar-refractivity contribution in [2.75, 3.05) is 25.5 Å². The number of hydrogen-bond acceptors (Lipinski definition) is 7. The van der Waals surface area contributed by atoms with Crippen LogP contribution in [0.4, 0.5) is 5.82 Å². The van der Waals surface area contributed by atoms with E-state index in [9.17, 15) is 8.42 Å². The molecule has 9 heteroatoms. The summed E-state index contributed by atoms with van der Waals surface area (Å²) in [4.78, 5) is 16.2. The van der Waals surface area contributed by atoms with Gasteiger partial charge in [0.25, 0.3) is 0 Å². The van der Waals surface area contributed by atoms with Gasteiger partial charge in [0.15, 0.2) is 5.82 Å². The second kappa shape index (κ2) is 10.1. The number of sulfonamides is 1. The van der Waals surface area contributed by atoms with Crippen molar-refractivity contribution in [2.45, 2.75) is 30.3 Å². The van der Waals surface area contributed by atoms with Gasteiger partial charge in [0.05, 0.1) is 16.1 Å². The maximum atomic E-state index is 12.9. The highest BCUT2D eigenvalue weighted by molar-refractivity contribution is 7.89. The Morgan fingerprint density at radius 2 is 1.77 bits per heavy atom. The lowest BCUT2D eigenvalue weighted by Gasteiger charge is -2.29. The van der Waals surface area contributed by atoms with Gasteiger partial charge in [0.2, 0.25) is 10.0 Å². The van der Waals surface area contributed by atoms with E-state index in [1.807, 2.05) is 48.5 Å². The van der Waals surface area contributed by atoms with Gasteiger partial charge >= 0.3 is 0 Å². The SMILES string of the molecule is CN1CCC(Nc2ncnc3ccc(-c4cccc(S(=O)(=O)NCc5ccccc5)c4)nc23)CC1. The van der Waals surface area contributed by atoms with Crippen molar-refractivity contribution in [3.05, 3.63) is 78.6 Å². The number of rotatable bonds is 7. The summed E-state index contributed by atoms with van der Waals surface area (Å²) >= 11 is 0. The lowest BCUT2D eigenvalue weighted by atomic mass is 10.1. The van der Waals surface area contributed by atoms with Gasteiger partial charge in [0, 0.05) is 18.2 Å². The number of hydrogen-bond donors (Lipinski definition) is 2. The molecular weight excluding hydrogens is 460 g/mol. The van der Waals surface area contributed by atoms with Crippen LogP contribution in [0.1, 0.15) is 18.4 Å². The third-order valence-corrected chi connectivity index (χ3v) is 7.69. The molecule has 5 rings (SSSR count). The molecule has 0 unspecified atom stereocenters. The van der Waals surface area contributed by atoms with Crippen LogP contribution in [0.3, 0.4) is 0 Å². The summed E-state index contributed by atoms with van der Waals surface area (Å²) in [6, 6.07) is 20.4. The van der Waals surface area contributed by atoms with Gasteiger partial charge in [-0.3, -0.25) is 0 Å². The number of benzene rings is 2. The van der Waals surface area contributed by atoms with E-state index in [2.05, 4.69) is 32.0 Å². The lowest BCUT2D eigenvalue weighted by Crippen LogP contribution is -2.36. The van der Waals surface area contributed by atoms with Crippen molar-refractivity contribution in [3.63, 3.8) is 0 Å². The predicted molar refractivity (Wildman–Crippen MR) is 137 cm³/mol. The third kappa shape index (κ3) is 5.48. The normalized spacial score (nSPS) is 15.3. The highest BCUT2D eigenvalue weighted by atomic mass is 32.2. The minimum atomic E-state index is -3.68. The summed E-state index contributed by atoms with van der Waals surface area (Å²) in [6.07, 6.45) is 3.63. The zero-order chi connectivity index (χ0) is 24.3. The molecule has 0 saturated carbocycles. The van der Waals surface area contributed by atoms with E-state index in [0.29, 0.717) is 28.6 Å². The average molecular weight is 489 g/mol. The summed E-state index contributed by atoms with van der Waals surface area (Å²) in [6.45, 7) is 2.31. The first-order valence-corrected chi connectivity index (χ1v) is 13.2. The van der Waals surface area contributed by atoms with Gasteiger partial charge < -0.3 is 10.2 Å². The molecule has 0 spiro atoms. The van der Waals surface area contributed by atoms with E-state index in [0.717, 1.165) is 37.0 Å². The van der Waals surface area contributed by atoms with Crippen molar-refractivity contribution in [1.82, 2.24) is 24.6 Å². The molecule has 0 aliphatic carbocycles. The first kappa shape index (κ1) is 23.3. The largest absolute Gasteiger partial charge is 0.365 e. The summed E-state index contributed by atoms with van der Waals surface area (Å²) in [5, 5.41) is 3.54. The Morgan fingerprint density at radius 3 is 2.57 bits per heavy atom. The fraction of sp³-hybridized carbons (Fsp3) is 0.269. The number of fused-ring (bicyclic) bond motifs is 1. The van der Waals surface area contributed by atoms with E-state index in [-0.39, 0.29) is 11.4 Å². The van der Waals surface area contributed by atoms with E-state index < -0.39 is 10.0 Å². The fourth-order valence-electron chi connectivity index (χ4n) is 4.23. The molecule has 1 aliphatic heterocycles. The van der Waals surface area contributed by atoms with Crippen molar-refractivity contribution >= 4 is 26.9 Å². The molecule has 0 atom stereocenters. The Hall–Kier alpha value is -3.40. The fourth-order valence-corrected chi connectivity index (χ4v) is 5.30. The molecule has 1 saturated heterocycles. The standard InChI is InChI=1S/C26H28N6O2S/c1-32-14-12-21(13-15-32)30-26-25-24(27-18-28-26)11-10-23(31-25)20-8-5-9-22(16-20)35(33,34)29-17-19-6-3-2-4-7-19/h2-11,16,18,21,29H,12-15,17H2,1H3,(H,27,28,30). The van der Waals surface area contributed by atoms with Crippen LogP contribution >= 0.6 is 0 Å². The van der Waals surface area contributed by atoms with E-state index >= 15 is 0 Å².